The zero-order valence-electron chi connectivity index (χ0n) is 79.2. The second kappa shape index (κ2) is 43.8. The summed E-state index contributed by atoms with van der Waals surface area (Å²) in [6.45, 7) is 20.4. The van der Waals surface area contributed by atoms with Gasteiger partial charge in [-0.1, -0.05) is 156 Å². The highest BCUT2D eigenvalue weighted by molar-refractivity contribution is 6.16. The minimum Gasteiger partial charge on any atom is -0.380 e. The van der Waals surface area contributed by atoms with Crippen LogP contribution in [0, 0.1) is 67.6 Å². The fourth-order valence-corrected chi connectivity index (χ4v) is 21.5. The van der Waals surface area contributed by atoms with Gasteiger partial charge in [-0.15, -0.1) is 12.4 Å². The number of aryl methyl sites for hydroxylation is 10. The summed E-state index contributed by atoms with van der Waals surface area (Å²) in [6.07, 6.45) is 21.1. The molecule has 28 heteroatoms. The van der Waals surface area contributed by atoms with E-state index in [-0.39, 0.29) is 46.4 Å². The fraction of sp³-hybridized carbons (Fsp3) is 0.477. The van der Waals surface area contributed by atoms with Crippen LogP contribution in [0.5, 0.6) is 0 Å². The highest BCUT2D eigenvalue weighted by atomic mass is 35.5. The number of aliphatic hydroxyl groups is 6. The molecular weight excluding hydrogens is 1730 g/mol. The number of hydrogen-bond acceptors (Lipinski definition) is 21. The van der Waals surface area contributed by atoms with E-state index in [0.717, 1.165) is 116 Å². The first-order valence-corrected chi connectivity index (χ1v) is 47.1. The van der Waals surface area contributed by atoms with Crippen molar-refractivity contribution in [1.82, 2.24) is 16.3 Å². The van der Waals surface area contributed by atoms with Crippen molar-refractivity contribution in [3.8, 4) is 0 Å². The molecule has 17 N–H and O–H groups in total. The number of Topliss-reactive ketones (excluding diaryl/α,β-unsaturated/α-hetero) is 6. The Labute approximate surface area is 795 Å². The first kappa shape index (κ1) is 104. The van der Waals surface area contributed by atoms with Crippen molar-refractivity contribution in [1.29, 1.82) is 0 Å². The Morgan fingerprint density at radius 2 is 0.733 bits per heavy atom. The highest BCUT2D eigenvalue weighted by Crippen LogP contribution is 2.58. The Morgan fingerprint density at radius 3 is 1.13 bits per heavy atom. The Hall–Kier alpha value is -11.3. The van der Waals surface area contributed by atoms with Gasteiger partial charge in [-0.25, -0.2) is 16.7 Å². The van der Waals surface area contributed by atoms with E-state index < -0.39 is 88.3 Å². The van der Waals surface area contributed by atoms with Crippen molar-refractivity contribution in [2.75, 3.05) is 0 Å². The number of hydrazine groups is 1. The molecule has 0 aromatic heterocycles. The van der Waals surface area contributed by atoms with Crippen molar-refractivity contribution in [3.63, 3.8) is 0 Å². The second-order valence-corrected chi connectivity index (χ2v) is 39.3. The van der Waals surface area contributed by atoms with Crippen LogP contribution in [0.1, 0.15) is 272 Å². The number of primary amides is 3. The number of allylic oxidation sites excluding steroid dienone is 12. The van der Waals surface area contributed by atoms with Gasteiger partial charge in [-0.3, -0.25) is 63.0 Å². The van der Waals surface area contributed by atoms with E-state index in [1.165, 1.54) is 123 Å². The Morgan fingerprint density at radius 1 is 0.385 bits per heavy atom. The molecule has 5 aromatic carbocycles. The quantitative estimate of drug-likeness (QED) is 0.0178. The van der Waals surface area contributed by atoms with Crippen molar-refractivity contribution >= 4 is 122 Å². The van der Waals surface area contributed by atoms with Gasteiger partial charge in [-0.05, 0) is 311 Å². The van der Waals surface area contributed by atoms with Gasteiger partial charge in [0.1, 0.15) is 34.7 Å². The van der Waals surface area contributed by atoms with Gasteiger partial charge >= 0.3 is 0 Å². The molecule has 0 unspecified atom stereocenters. The number of hydrazone groups is 2. The average Bonchev–Trinajstić information content (AvgIpc) is 1.63. The van der Waals surface area contributed by atoms with E-state index in [9.17, 15) is 78.0 Å². The maximum Gasteiger partial charge on any atom is 0.272 e. The molecule has 5 aromatic rings. The minimum atomic E-state index is -2.03. The Bertz CT molecular complexity index is 5660. The maximum atomic E-state index is 12.7. The first-order chi connectivity index (χ1) is 63.5. The number of nitrogens with two attached hydrogens (primary N) is 4. The molecule has 4 saturated carbocycles. The van der Waals surface area contributed by atoms with Crippen LogP contribution in [-0.4, -0.2) is 149 Å². The number of hydrogen-bond donors (Lipinski definition) is 13. The topological polar surface area (TPSA) is 491 Å². The van der Waals surface area contributed by atoms with Gasteiger partial charge in [0.05, 0.1) is 33.1 Å². The number of nitrogens with one attached hydrogen (secondary N) is 3. The summed E-state index contributed by atoms with van der Waals surface area (Å²) in [7, 11) is 0. The first-order valence-electron chi connectivity index (χ1n) is 47.1. The van der Waals surface area contributed by atoms with E-state index in [2.05, 4.69) is 196 Å². The summed E-state index contributed by atoms with van der Waals surface area (Å²) >= 11 is 0. The number of aliphatic hydroxyl groups excluding tert-OH is 6. The van der Waals surface area contributed by atoms with Gasteiger partial charge in [0.15, 0.2) is 36.6 Å². The number of carbonyl (C=O) groups excluding carboxylic acids is 12. The molecule has 135 heavy (non-hydrogen) atoms. The van der Waals surface area contributed by atoms with Crippen LogP contribution >= 0.6 is 12.4 Å². The number of ketones is 6. The number of benzene rings is 5. The van der Waals surface area contributed by atoms with E-state index in [1.54, 1.807) is 30.4 Å². The number of carbonyl (C=O) groups is 12. The molecular formula is C107H132ClN9O18. The molecule has 0 heterocycles. The standard InChI is InChI=1S/2C23H29N3O5.C19H22O2.C19H22O.C19H20O.C4H9N3O4.ClH/c2*1-13-6-7-16-14(4-3-5-15(16)12-13)10-11-23(2)17(8-9-18(23)27)25-26-22(31)20(29)19(28)21(24)30;1-13-6-7-16-14(4-3-5-15(16)12-13)10-11-19(2)17(20)8-9-18(19)21;2*1-12-3-5-14-13(11-12)4-6-16-15(14)9-10-19(2)17(16)7-8-18(19)20;5-3(10)1(8)2(9)4(11)7-6;/h2*6-7,10,12,19-20,28-29H,3-5,8-9,11H2,1-2H3,(H2,24,30)(H,26,31);6-7,10,12H,3-5,8-9,11H2,1-2H3;3,5,11,17H,4,6-10H2,1-2H3;3,5,7,11H,4,6,8-10H2,1-2H3;1-2,8-9H,6H2,(H2,5,10)(H,7,11);1H/b2*14-10+,25-17+;14-10+;;;;/t19-,20-,23+;19-,20-,23-;;17-,19-;19-;1-,2-;/m11.001./s1. The number of nitrogens with zero attached hydrogens (tertiary/aromatic N) is 2. The summed E-state index contributed by atoms with van der Waals surface area (Å²) < 4.78 is 0. The van der Waals surface area contributed by atoms with Gasteiger partial charge in [0.25, 0.3) is 17.7 Å². The van der Waals surface area contributed by atoms with Crippen LogP contribution in [-0.2, 0) is 89.6 Å². The van der Waals surface area contributed by atoms with Crippen LogP contribution in [0.25, 0.3) is 27.9 Å². The van der Waals surface area contributed by atoms with E-state index in [4.69, 9.17) is 21.7 Å². The van der Waals surface area contributed by atoms with Crippen LogP contribution < -0.4 is 39.3 Å². The van der Waals surface area contributed by atoms with Gasteiger partial charge < -0.3 is 47.8 Å². The number of fused-ring (bicyclic) bond motifs is 11. The third-order valence-corrected chi connectivity index (χ3v) is 30.1. The number of rotatable bonds is 17. The number of amides is 6. The fourth-order valence-electron chi connectivity index (χ4n) is 21.5. The molecule has 0 spiro atoms. The van der Waals surface area contributed by atoms with Gasteiger partial charge in [0, 0.05) is 43.9 Å². The van der Waals surface area contributed by atoms with Gasteiger partial charge in [-0.2, -0.15) is 10.2 Å². The minimum absolute atomic E-state index is 0. The molecule has 4 fully saturated rings. The van der Waals surface area contributed by atoms with Gasteiger partial charge in [0.2, 0.25) is 17.7 Å². The lowest BCUT2D eigenvalue weighted by molar-refractivity contribution is -0.144. The lowest BCUT2D eigenvalue weighted by Gasteiger charge is -2.40. The molecule has 12 aliphatic rings. The molecule has 0 aliphatic heterocycles. The van der Waals surface area contributed by atoms with Crippen molar-refractivity contribution < 1.29 is 88.2 Å². The molecule has 12 aliphatic carbocycles. The zero-order chi connectivity index (χ0) is 97.4. The summed E-state index contributed by atoms with van der Waals surface area (Å²) in [6, 6.07) is 33.2. The number of halogens is 1. The Kier molecular flexibility index (Phi) is 33.8. The summed E-state index contributed by atoms with van der Waals surface area (Å²) in [5, 5.41) is 63.7. The molecule has 0 bridgehead atoms. The monoisotopic (exact) mass is 1870 g/mol. The van der Waals surface area contributed by atoms with Crippen LogP contribution in [0.2, 0.25) is 0 Å². The predicted molar refractivity (Wildman–Crippen MR) is 520 cm³/mol. The molecule has 17 rings (SSSR count). The van der Waals surface area contributed by atoms with Crippen LogP contribution in [0.3, 0.4) is 0 Å². The average molecular weight is 1870 g/mol. The van der Waals surface area contributed by atoms with Crippen LogP contribution in [0.15, 0.2) is 142 Å². The maximum absolute atomic E-state index is 12.7. The SMILES string of the molecule is Cc1ccc2c(c1)CCC/C2=C\CC1(C)C(=O)CCC1=O.Cc1ccc2c(c1)CCC/C2=C\C[C@@]1(C)C(=O)CC/C1=N\NC(=O)[C@H](O)[C@@H](O)C(N)=O.Cc1ccc2c(c1)CCC/C2=C\C[C@]1(C)C(=O)CC/C1=N\NC(=O)[C@H](O)[C@@H](O)C(N)=O.Cc1ccc2c(c1)CCC1=C2CC[C@]2(C)C(=O)CC=C12.Cc1ccc2c(c1)CCC1=C2CC[C@]2(C)C(=O)CC[C@@H]12.Cl.NNC(=O)[C@H](O)[C@@H](O)C(N)=O. The summed E-state index contributed by atoms with van der Waals surface area (Å²) in [5.41, 5.74) is 50.0. The van der Waals surface area contributed by atoms with Crippen molar-refractivity contribution in [2.45, 2.75) is 292 Å². The smallest absolute Gasteiger partial charge is 0.272 e. The lowest BCUT2D eigenvalue weighted by atomic mass is 9.63. The highest BCUT2D eigenvalue weighted by Gasteiger charge is 2.52. The van der Waals surface area contributed by atoms with E-state index in [0.29, 0.717) is 93.1 Å². The van der Waals surface area contributed by atoms with Crippen molar-refractivity contribution in [3.05, 3.63) is 215 Å². The molecule has 6 amide bonds. The third kappa shape index (κ3) is 22.7. The lowest BCUT2D eigenvalue weighted by Crippen LogP contribution is -2.49. The summed E-state index contributed by atoms with van der Waals surface area (Å²) in [5.74, 6) is -0.450. The largest absolute Gasteiger partial charge is 0.380 e. The normalized spacial score (nSPS) is 25.3. The third-order valence-electron chi connectivity index (χ3n) is 30.1. The van der Waals surface area contributed by atoms with Crippen LogP contribution in [0.4, 0.5) is 0 Å². The summed E-state index contributed by atoms with van der Waals surface area (Å²) in [4.78, 5) is 140. The molecule has 720 valence electrons. The molecule has 27 nitrogen and oxygen atoms in total. The van der Waals surface area contributed by atoms with E-state index in [1.807, 2.05) is 6.92 Å². The molecule has 0 radical (unpaired) electrons. The van der Waals surface area contributed by atoms with E-state index >= 15 is 0 Å². The second-order valence-electron chi connectivity index (χ2n) is 39.3. The zero-order valence-corrected chi connectivity index (χ0v) is 80.0. The predicted octanol–water partition coefficient (Wildman–Crippen LogP) is 11.8. The molecule has 0 saturated heterocycles. The van der Waals surface area contributed by atoms with Crippen molar-refractivity contribution in [2.24, 2.45) is 66.2 Å². The Balaban J connectivity index is 0.000000159. The molecule has 11 atom stereocenters.